The Kier molecular flexibility index (Phi) is 36.3. The number of nitrogens with zero attached hydrogens (tertiary/aromatic N) is 5. The fraction of sp³-hybridized carbons (Fsp3) is 0.814. The molecule has 10 amide bonds. The van der Waals surface area contributed by atoms with E-state index in [1.54, 1.807) is 20.8 Å². The van der Waals surface area contributed by atoms with E-state index in [0.717, 1.165) is 17.7 Å². The van der Waals surface area contributed by atoms with E-state index < -0.39 is 113 Å². The van der Waals surface area contributed by atoms with Crippen molar-refractivity contribution >= 4 is 77.1 Å². The molecule has 0 spiro atoms. The molecule has 0 aromatic heterocycles. The standard InChI is InChI=1S/C70H126N12O13S/c1-23-25-26-48(12)55-38-58(86)76-52(24-2)64(91)80(20)67(96-42-69(31-32-69)81(21)46(9)10)66(93)82(22)70(41-83,40-68(15,16)94)77-59(45(7)8)65(92)79(19)54(36-44(5)6)62(89)74-49(13)60(87)75-50(14)63(90)78(18)53(35-43(3)4)61(88)73-33-29-47(11)27-28-56(84)72-34-30-51(39-95-55)37-57(85)71-17/h23,25,41,43-55,59,67,77,94H,24,26-40,42H2,1-22H3,(H,71,85)(H,72,84)(H,73,88)(H,74,89)(H,75,87)(H,76,86). The van der Waals surface area contributed by atoms with Crippen LogP contribution in [0.2, 0.25) is 0 Å². The van der Waals surface area contributed by atoms with Crippen LogP contribution >= 0.6 is 11.8 Å². The maximum Gasteiger partial charge on any atom is 0.257 e. The van der Waals surface area contributed by atoms with E-state index in [1.165, 1.54) is 89.4 Å². The first kappa shape index (κ1) is 86.4. The van der Waals surface area contributed by atoms with Crippen LogP contribution in [0.15, 0.2) is 12.2 Å². The summed E-state index contributed by atoms with van der Waals surface area (Å²) in [7, 11) is 9.34. The molecule has 550 valence electrons. The molecule has 1 saturated heterocycles. The highest BCUT2D eigenvalue weighted by molar-refractivity contribution is 8.00. The summed E-state index contributed by atoms with van der Waals surface area (Å²) >= 11 is 1.21. The van der Waals surface area contributed by atoms with Crippen molar-refractivity contribution in [2.24, 2.45) is 35.5 Å². The van der Waals surface area contributed by atoms with Crippen molar-refractivity contribution in [1.82, 2.24) is 61.7 Å². The maximum atomic E-state index is 15.7. The normalized spacial score (nSPS) is 28.1. The topological polar surface area (TPSA) is 318 Å². The molecular formula is C70H126N12O13S. The predicted molar refractivity (Wildman–Crippen MR) is 376 cm³/mol. The summed E-state index contributed by atoms with van der Waals surface area (Å²) in [6, 6.07) is -6.75. The third-order valence-corrected chi connectivity index (χ3v) is 20.4. The number of carbonyl (C=O) groups is 11. The third-order valence-electron chi connectivity index (χ3n) is 18.8. The van der Waals surface area contributed by atoms with Crippen LogP contribution in [-0.2, 0) is 57.5 Å². The van der Waals surface area contributed by atoms with Gasteiger partial charge < -0.3 is 61.3 Å². The molecule has 0 aromatic rings. The Balaban J connectivity index is 2.89. The van der Waals surface area contributed by atoms with Crippen LogP contribution < -0.4 is 37.2 Å². The van der Waals surface area contributed by atoms with E-state index in [4.69, 9.17) is 4.74 Å². The molecule has 0 bridgehead atoms. The molecule has 8 N–H and O–H groups in total. The Morgan fingerprint density at radius 3 is 1.85 bits per heavy atom. The summed E-state index contributed by atoms with van der Waals surface area (Å²) in [5.74, 6) is -6.15. The van der Waals surface area contributed by atoms with Gasteiger partial charge in [-0.25, -0.2) is 0 Å². The Hall–Kier alpha value is -5.70. The van der Waals surface area contributed by atoms with Gasteiger partial charge in [0.2, 0.25) is 53.2 Å². The molecule has 12 unspecified atom stereocenters. The van der Waals surface area contributed by atoms with Crippen LogP contribution in [0.4, 0.5) is 0 Å². The minimum atomic E-state index is -2.14. The second-order valence-electron chi connectivity index (χ2n) is 29.5. The number of aliphatic hydroxyl groups is 1. The lowest BCUT2D eigenvalue weighted by Crippen LogP contribution is -2.70. The molecule has 1 aliphatic heterocycles. The molecule has 0 radical (unpaired) electrons. The van der Waals surface area contributed by atoms with E-state index in [1.807, 2.05) is 67.7 Å². The number of hydrogen-bond acceptors (Lipinski definition) is 16. The Morgan fingerprint density at radius 2 is 1.33 bits per heavy atom. The highest BCUT2D eigenvalue weighted by Crippen LogP contribution is 2.46. The van der Waals surface area contributed by atoms with Gasteiger partial charge in [0.25, 0.3) is 5.91 Å². The zero-order valence-electron chi connectivity index (χ0n) is 62.4. The van der Waals surface area contributed by atoms with Gasteiger partial charge in [0, 0.05) is 84.9 Å². The Labute approximate surface area is 579 Å². The van der Waals surface area contributed by atoms with E-state index in [9.17, 15) is 43.5 Å². The zero-order valence-corrected chi connectivity index (χ0v) is 63.2. The number of amides is 10. The molecule has 12 atom stereocenters. The lowest BCUT2D eigenvalue weighted by atomic mass is 9.90. The molecule has 96 heavy (non-hydrogen) atoms. The largest absolute Gasteiger partial charge is 0.390 e. The zero-order chi connectivity index (χ0) is 73.3. The SMILES string of the molecule is CC=CCC(C)C1CC(=O)NC(CC)C(=O)N(C)C(SCC2(N(C)C(C)C)CC2)C(=O)N(C)C(C=O)(CC(C)(C)O)NC(C(C)C)C(=O)N(C)C(CC(C)C)C(=O)NC(C)C(=O)NC(C)C(=O)N(C)C(CC(C)C)C(=O)NCCC(C)CCC(=O)NCCC(CC(=O)NC)CO1. The van der Waals surface area contributed by atoms with Crippen LogP contribution in [0.25, 0.3) is 0 Å². The second-order valence-corrected chi connectivity index (χ2v) is 30.5. The molecule has 2 fully saturated rings. The predicted octanol–water partition coefficient (Wildman–Crippen LogP) is 4.73. The molecule has 25 nitrogen and oxygen atoms in total. The highest BCUT2D eigenvalue weighted by atomic mass is 32.2. The van der Waals surface area contributed by atoms with Crippen LogP contribution in [0, 0.1) is 35.5 Å². The number of thioether (sulfide) groups is 1. The van der Waals surface area contributed by atoms with Crippen LogP contribution in [0.5, 0.6) is 0 Å². The average molecular weight is 1380 g/mol. The maximum absolute atomic E-state index is 15.7. The molecular weight excluding hydrogens is 1250 g/mol. The number of hydrogen-bond donors (Lipinski definition) is 8. The van der Waals surface area contributed by atoms with Gasteiger partial charge in [-0.2, -0.15) is 0 Å². The number of likely N-dealkylation sites (N-methyl/N-ethyl adjacent to an activating group) is 4. The highest BCUT2D eigenvalue weighted by Gasteiger charge is 2.52. The number of rotatable bonds is 19. The van der Waals surface area contributed by atoms with Gasteiger partial charge in [0.05, 0.1) is 30.8 Å². The van der Waals surface area contributed by atoms with Crippen molar-refractivity contribution in [2.75, 3.05) is 67.7 Å². The fourth-order valence-corrected chi connectivity index (χ4v) is 13.6. The van der Waals surface area contributed by atoms with Gasteiger partial charge in [0.1, 0.15) is 30.2 Å². The second kappa shape index (κ2) is 40.4. The number of ether oxygens (including phenoxy) is 1. The Morgan fingerprint density at radius 1 is 0.760 bits per heavy atom. The lowest BCUT2D eigenvalue weighted by Gasteiger charge is -2.46. The molecule has 1 saturated carbocycles. The molecule has 2 rings (SSSR count). The quantitative estimate of drug-likeness (QED) is 0.0640. The van der Waals surface area contributed by atoms with Gasteiger partial charge in [-0.15, -0.1) is 11.8 Å². The summed E-state index contributed by atoms with van der Waals surface area (Å²) in [4.78, 5) is 164. The van der Waals surface area contributed by atoms with Crippen molar-refractivity contribution in [2.45, 2.75) is 265 Å². The first-order chi connectivity index (χ1) is 44.7. The fourth-order valence-electron chi connectivity index (χ4n) is 12.0. The van der Waals surface area contributed by atoms with Gasteiger partial charge in [-0.05, 0) is 149 Å². The summed E-state index contributed by atoms with van der Waals surface area (Å²) in [6.07, 6.45) is 7.55. The van der Waals surface area contributed by atoms with Crippen LogP contribution in [-0.4, -0.2) is 233 Å². The van der Waals surface area contributed by atoms with Crippen molar-refractivity contribution in [3.05, 3.63) is 12.2 Å². The van der Waals surface area contributed by atoms with Gasteiger partial charge >= 0.3 is 0 Å². The summed E-state index contributed by atoms with van der Waals surface area (Å²) in [5.41, 5.74) is -4.14. The van der Waals surface area contributed by atoms with Crippen molar-refractivity contribution in [3.8, 4) is 0 Å². The van der Waals surface area contributed by atoms with Crippen LogP contribution in [0.1, 0.15) is 194 Å². The van der Waals surface area contributed by atoms with Crippen molar-refractivity contribution in [1.29, 1.82) is 0 Å². The first-order valence-corrected chi connectivity index (χ1v) is 36.0. The monoisotopic (exact) mass is 1370 g/mol. The first-order valence-electron chi connectivity index (χ1n) is 34.9. The average Bonchev–Trinajstić information content (AvgIpc) is 1.29. The van der Waals surface area contributed by atoms with E-state index in [2.05, 4.69) is 56.0 Å². The molecule has 26 heteroatoms. The van der Waals surface area contributed by atoms with Gasteiger partial charge in [-0.3, -0.25) is 63.0 Å². The molecule has 1 heterocycles. The summed E-state index contributed by atoms with van der Waals surface area (Å²) < 4.78 is 6.57. The van der Waals surface area contributed by atoms with E-state index in [0.29, 0.717) is 44.1 Å². The number of nitrogens with one attached hydrogen (secondary N) is 7. The van der Waals surface area contributed by atoms with Gasteiger partial charge in [-0.1, -0.05) is 74.5 Å². The molecule has 2 aliphatic rings. The van der Waals surface area contributed by atoms with Crippen LogP contribution in [0.3, 0.4) is 0 Å². The minimum absolute atomic E-state index is 0.000210. The molecule has 0 aromatic carbocycles. The van der Waals surface area contributed by atoms with Gasteiger partial charge in [0.15, 0.2) is 17.3 Å². The van der Waals surface area contributed by atoms with Crippen molar-refractivity contribution in [3.63, 3.8) is 0 Å². The number of carbonyl (C=O) groups excluding carboxylic acids is 11. The van der Waals surface area contributed by atoms with E-state index in [-0.39, 0.29) is 111 Å². The third kappa shape index (κ3) is 27.2. The summed E-state index contributed by atoms with van der Waals surface area (Å²) in [6.45, 7) is 29.2. The number of aldehydes is 1. The lowest BCUT2D eigenvalue weighted by molar-refractivity contribution is -0.154. The molecule has 1 aliphatic carbocycles. The van der Waals surface area contributed by atoms with Crippen molar-refractivity contribution < 1.29 is 62.6 Å². The smallest absolute Gasteiger partial charge is 0.257 e. The van der Waals surface area contributed by atoms with E-state index >= 15 is 14.4 Å². The summed E-state index contributed by atoms with van der Waals surface area (Å²) in [5, 5.41) is 30.5. The Bertz CT molecular complexity index is 2600. The minimum Gasteiger partial charge on any atom is -0.390 e. The number of allylic oxidation sites excluding steroid dienone is 2.